The molecule has 12 rings (SSSR count). The number of fused-ring (bicyclic) bond motifs is 12. The minimum atomic E-state index is -1.75. The van der Waals surface area contributed by atoms with Crippen molar-refractivity contribution in [1.82, 2.24) is 10.1 Å². The van der Waals surface area contributed by atoms with E-state index in [-0.39, 0.29) is 147 Å². The third kappa shape index (κ3) is 7.19. The molecule has 2 spiro atoms. The summed E-state index contributed by atoms with van der Waals surface area (Å²) >= 11 is 24.8. The second-order valence-electron chi connectivity index (χ2n) is 17.0. The second kappa shape index (κ2) is 17.0. The van der Waals surface area contributed by atoms with Crippen LogP contribution in [-0.4, -0.2) is 78.1 Å². The molecule has 0 atom stereocenters. The number of amides is 4. The predicted octanol–water partition coefficient (Wildman–Crippen LogP) is 8.39. The molecule has 0 radical (unpaired) electrons. The third-order valence-corrected chi connectivity index (χ3v) is 13.9. The van der Waals surface area contributed by atoms with Gasteiger partial charge in [-0.25, -0.2) is 19.2 Å². The number of halogens is 4. The molecule has 4 amide bonds. The second-order valence-corrected chi connectivity index (χ2v) is 18.6. The van der Waals surface area contributed by atoms with Crippen molar-refractivity contribution in [3.05, 3.63) is 161 Å². The van der Waals surface area contributed by atoms with E-state index in [4.69, 9.17) is 75.0 Å². The molecule has 372 valence electrons. The maximum Gasteiger partial charge on any atom is 0.363 e. The number of aromatic hydroxyl groups is 4. The number of hydrogen-bond donors (Lipinski definition) is 4. The van der Waals surface area contributed by atoms with E-state index in [1.165, 1.54) is 84.9 Å². The maximum absolute atomic E-state index is 13.2. The molecule has 0 bridgehead atoms. The lowest BCUT2D eigenvalue weighted by Gasteiger charge is -2.37. The summed E-state index contributed by atoms with van der Waals surface area (Å²) in [5.41, 5.74) is -2.10. The molecule has 6 aliphatic rings. The van der Waals surface area contributed by atoms with E-state index >= 15 is 0 Å². The molecule has 0 saturated carbocycles. The smallest absolute Gasteiger partial charge is 0.363 e. The van der Waals surface area contributed by atoms with Crippen LogP contribution in [0.25, 0.3) is 0 Å². The van der Waals surface area contributed by atoms with Gasteiger partial charge < -0.3 is 49.0 Å². The topological polar surface area (TPSA) is 279 Å². The van der Waals surface area contributed by atoms with Crippen molar-refractivity contribution in [3.63, 3.8) is 0 Å². The molecule has 74 heavy (non-hydrogen) atoms. The first kappa shape index (κ1) is 47.7. The zero-order valence-corrected chi connectivity index (χ0v) is 39.8. The molecule has 0 aromatic heterocycles. The van der Waals surface area contributed by atoms with Crippen LogP contribution >= 0.6 is 46.4 Å². The number of phenols is 4. The van der Waals surface area contributed by atoms with Gasteiger partial charge in [0.05, 0.1) is 42.3 Å². The Morgan fingerprint density at radius 2 is 0.770 bits per heavy atom. The molecule has 4 N–H and O–H groups in total. The summed E-state index contributed by atoms with van der Waals surface area (Å²) in [5, 5.41) is 41.3. The van der Waals surface area contributed by atoms with Gasteiger partial charge in [0, 0.05) is 83.3 Å². The average molecular weight is 1080 g/mol. The van der Waals surface area contributed by atoms with Gasteiger partial charge in [-0.15, -0.1) is 10.1 Å². The summed E-state index contributed by atoms with van der Waals surface area (Å²) in [6.07, 6.45) is -0.280. The summed E-state index contributed by atoms with van der Waals surface area (Å²) in [4.78, 5) is 109. The fourth-order valence-electron chi connectivity index (χ4n) is 9.31. The van der Waals surface area contributed by atoms with Gasteiger partial charge in [0.15, 0.2) is 11.2 Å². The fourth-order valence-corrected chi connectivity index (χ4v) is 9.96. The average Bonchev–Trinajstić information content (AvgIpc) is 4.09. The van der Waals surface area contributed by atoms with Gasteiger partial charge in [-0.3, -0.25) is 19.2 Å². The molecular weight excluding hydrogens is 1060 g/mol. The molecule has 2 fully saturated rings. The molecule has 6 aromatic carbocycles. The Bertz CT molecular complexity index is 3520. The Labute approximate surface area is 433 Å². The highest BCUT2D eigenvalue weighted by atomic mass is 35.5. The maximum atomic E-state index is 13.2. The Morgan fingerprint density at radius 3 is 1.16 bits per heavy atom. The van der Waals surface area contributed by atoms with Crippen LogP contribution in [0.4, 0.5) is 0 Å². The zero-order chi connectivity index (χ0) is 52.4. The highest BCUT2D eigenvalue weighted by Gasteiger charge is 2.56. The SMILES string of the molecule is O=C(ON1C(=O)CCC1=O)c1ccc2c(c1)C(=O)OC21c2cc(Cl)c(O)cc2Oc2cc(O)c(Cl)cc21.O=C(ON1C(=O)CCC1=O)c1ccc2c(c1)C1(OC2=O)c2cc(Cl)c(O)cc2Oc2cc(O)c(Cl)cc21. The quantitative estimate of drug-likeness (QED) is 0.0952. The van der Waals surface area contributed by atoms with Crippen molar-refractivity contribution < 1.29 is 87.4 Å². The summed E-state index contributed by atoms with van der Waals surface area (Å²) in [6, 6.07) is 18.4. The Morgan fingerprint density at radius 1 is 0.432 bits per heavy atom. The van der Waals surface area contributed by atoms with E-state index in [9.17, 15) is 58.8 Å². The summed E-state index contributed by atoms with van der Waals surface area (Å²) in [5.74, 6) is -7.02. The highest BCUT2D eigenvalue weighted by Crippen LogP contribution is 2.60. The summed E-state index contributed by atoms with van der Waals surface area (Å²) in [7, 11) is 0. The number of esters is 2. The Kier molecular flexibility index (Phi) is 11.0. The lowest BCUT2D eigenvalue weighted by Crippen LogP contribution is -2.34. The number of nitrogens with zero attached hydrogens (tertiary/aromatic N) is 2. The van der Waals surface area contributed by atoms with Crippen LogP contribution in [-0.2, 0) is 49.5 Å². The van der Waals surface area contributed by atoms with E-state index in [0.717, 1.165) is 0 Å². The molecule has 0 unspecified atom stereocenters. The lowest BCUT2D eigenvalue weighted by atomic mass is 9.77. The van der Waals surface area contributed by atoms with Crippen molar-refractivity contribution >= 4 is 93.9 Å². The number of hydrogen-bond acceptors (Lipinski definition) is 18. The van der Waals surface area contributed by atoms with E-state index in [0.29, 0.717) is 10.1 Å². The number of ether oxygens (including phenoxy) is 4. The molecule has 6 aromatic rings. The van der Waals surface area contributed by atoms with E-state index < -0.39 is 58.7 Å². The molecule has 2 saturated heterocycles. The Balaban J connectivity index is 0.000000159. The van der Waals surface area contributed by atoms with Crippen molar-refractivity contribution in [2.24, 2.45) is 0 Å². The molecule has 24 heteroatoms. The standard InChI is InChI=1S/2C25H13Cl2NO9/c26-15-6-13-19(8-17(15)29)35-20-9-18(30)16(27)7-14(20)25(13)12-2-1-10(5-11(12)24(34)36-25)23(33)37-28-21(31)3-4-22(28)32;26-15-6-13-19(8-17(15)29)35-20-9-18(30)16(27)7-14(20)25(13)12-5-10(1-2-11(12)24(34)36-25)23(33)37-28-21(31)3-4-22(28)32/h2*1-2,5-9,29-30H,3-4H2. The van der Waals surface area contributed by atoms with Gasteiger partial charge in [-0.05, 0) is 54.6 Å². The normalized spacial score (nSPS) is 16.7. The van der Waals surface area contributed by atoms with Crippen LogP contribution < -0.4 is 9.47 Å². The van der Waals surface area contributed by atoms with E-state index in [1.807, 2.05) is 0 Å². The molecule has 0 aliphatic carbocycles. The van der Waals surface area contributed by atoms with Crippen molar-refractivity contribution in [2.45, 2.75) is 36.9 Å². The van der Waals surface area contributed by atoms with Crippen LogP contribution in [0.2, 0.25) is 20.1 Å². The summed E-state index contributed by atoms with van der Waals surface area (Å²) in [6.45, 7) is 0. The first-order chi connectivity index (χ1) is 35.2. The van der Waals surface area contributed by atoms with Gasteiger partial charge in [-0.1, -0.05) is 52.5 Å². The monoisotopic (exact) mass is 1080 g/mol. The van der Waals surface area contributed by atoms with Gasteiger partial charge in [0.25, 0.3) is 23.6 Å². The van der Waals surface area contributed by atoms with Crippen LogP contribution in [0.1, 0.15) is 100 Å². The highest BCUT2D eigenvalue weighted by molar-refractivity contribution is 6.33. The molecule has 6 heterocycles. The zero-order valence-electron chi connectivity index (χ0n) is 36.8. The third-order valence-electron chi connectivity index (χ3n) is 12.7. The van der Waals surface area contributed by atoms with Crippen molar-refractivity contribution in [1.29, 1.82) is 0 Å². The first-order valence-corrected chi connectivity index (χ1v) is 23.1. The number of benzene rings is 6. The number of imide groups is 2. The largest absolute Gasteiger partial charge is 0.506 e. The van der Waals surface area contributed by atoms with Gasteiger partial charge >= 0.3 is 23.9 Å². The Hall–Kier alpha value is -8.56. The van der Waals surface area contributed by atoms with Gasteiger partial charge in [0.1, 0.15) is 46.0 Å². The molecule has 20 nitrogen and oxygen atoms in total. The molecular formula is C50H26Cl4N2O18. The number of phenolic OH excluding ortho intramolecular Hbond substituents is 4. The fraction of sp³-hybridized carbons (Fsp3) is 0.120. The van der Waals surface area contributed by atoms with Gasteiger partial charge in [0.2, 0.25) is 0 Å². The van der Waals surface area contributed by atoms with Crippen LogP contribution in [0, 0.1) is 0 Å². The van der Waals surface area contributed by atoms with Crippen molar-refractivity contribution in [3.8, 4) is 46.0 Å². The lowest BCUT2D eigenvalue weighted by molar-refractivity contribution is -0.173. The number of carbonyl (C=O) groups excluding carboxylic acids is 8. The van der Waals surface area contributed by atoms with E-state index in [1.54, 1.807) is 0 Å². The van der Waals surface area contributed by atoms with E-state index in [2.05, 4.69) is 0 Å². The van der Waals surface area contributed by atoms with Gasteiger partial charge in [-0.2, -0.15) is 0 Å². The van der Waals surface area contributed by atoms with Crippen molar-refractivity contribution in [2.75, 3.05) is 0 Å². The van der Waals surface area contributed by atoms with Crippen LogP contribution in [0.15, 0.2) is 84.9 Å². The number of rotatable bonds is 4. The number of hydroxylamine groups is 4. The minimum Gasteiger partial charge on any atom is -0.506 e. The number of carbonyl (C=O) groups is 8. The molecule has 6 aliphatic heterocycles. The minimum absolute atomic E-state index is 0.0132. The first-order valence-electron chi connectivity index (χ1n) is 21.6. The van der Waals surface area contributed by atoms with Crippen LogP contribution in [0.5, 0.6) is 46.0 Å². The predicted molar refractivity (Wildman–Crippen MR) is 249 cm³/mol. The van der Waals surface area contributed by atoms with Crippen LogP contribution in [0.3, 0.4) is 0 Å². The summed E-state index contributed by atoms with van der Waals surface area (Å²) < 4.78 is 23.6.